The van der Waals surface area contributed by atoms with E-state index in [1.165, 1.54) is 11.1 Å². The van der Waals surface area contributed by atoms with Crippen LogP contribution in [0.5, 0.6) is 0 Å². The Kier molecular flexibility index (Phi) is 15.9. The lowest BCUT2D eigenvalue weighted by atomic mass is 9.61. The van der Waals surface area contributed by atoms with Gasteiger partial charge in [-0.2, -0.15) is 0 Å². The quantitative estimate of drug-likeness (QED) is 0.106. The molecule has 0 spiro atoms. The van der Waals surface area contributed by atoms with E-state index >= 15 is 0 Å². The highest BCUT2D eigenvalue weighted by Gasteiger charge is 2.47. The number of ketones is 2. The fourth-order valence-electron chi connectivity index (χ4n) is 10.3. The van der Waals surface area contributed by atoms with Gasteiger partial charge in [-0.1, -0.05) is 128 Å². The lowest BCUT2D eigenvalue weighted by Crippen LogP contribution is -2.53. The van der Waals surface area contributed by atoms with Gasteiger partial charge in [0.2, 0.25) is 5.91 Å². The third-order valence-electron chi connectivity index (χ3n) is 14.7. The highest BCUT2D eigenvalue weighted by Crippen LogP contribution is 2.49. The van der Waals surface area contributed by atoms with Crippen molar-refractivity contribution >= 4 is 23.5 Å². The number of ether oxygens (including phenoxy) is 1. The van der Waals surface area contributed by atoms with Crippen LogP contribution in [0.15, 0.2) is 24.3 Å². The molecule has 0 bridgehead atoms. The van der Waals surface area contributed by atoms with Crippen molar-refractivity contribution in [2.75, 3.05) is 6.61 Å². The van der Waals surface area contributed by atoms with E-state index in [0.717, 1.165) is 32.1 Å². The summed E-state index contributed by atoms with van der Waals surface area (Å²) in [6.07, 6.45) is 6.69. The van der Waals surface area contributed by atoms with E-state index in [1.807, 2.05) is 41.5 Å². The Morgan fingerprint density at radius 1 is 0.610 bits per heavy atom. The Morgan fingerprint density at radius 3 is 1.56 bits per heavy atom. The number of nitrogens with one attached hydrogen (secondary N) is 2. The molecular weight excluding hydrogens is 735 g/mol. The fraction of sp³-hybridized carbons (Fsp3) is 0.804. The van der Waals surface area contributed by atoms with Crippen LogP contribution in [0.1, 0.15) is 207 Å². The van der Waals surface area contributed by atoms with Crippen molar-refractivity contribution in [3.05, 3.63) is 35.4 Å². The molecule has 1 saturated carbocycles. The summed E-state index contributed by atoms with van der Waals surface area (Å²) in [5.41, 5.74) is 4.13. The molecule has 8 heteroatoms. The number of hydrogen-bond acceptors (Lipinski definition) is 5. The number of benzene rings is 1. The summed E-state index contributed by atoms with van der Waals surface area (Å²) in [6.45, 7) is 43.4. The molecule has 0 aliphatic heterocycles. The molecule has 0 aromatic heterocycles. The van der Waals surface area contributed by atoms with Gasteiger partial charge in [-0.25, -0.2) is 4.79 Å². The average molecular weight is 824 g/mol. The van der Waals surface area contributed by atoms with Gasteiger partial charge < -0.3 is 21.1 Å². The molecule has 4 N–H and O–H groups in total. The van der Waals surface area contributed by atoms with Crippen LogP contribution < -0.4 is 16.4 Å². The number of primary amides is 1. The first kappa shape index (κ1) is 52.4. The molecule has 1 fully saturated rings. The van der Waals surface area contributed by atoms with Crippen LogP contribution in [0.25, 0.3) is 0 Å². The highest BCUT2D eigenvalue weighted by atomic mass is 16.5. The fourth-order valence-corrected chi connectivity index (χ4v) is 10.3. The predicted octanol–water partition coefficient (Wildman–Crippen LogP) is 11.8. The molecule has 59 heavy (non-hydrogen) atoms. The standard InChI is InChI=1S/C51H89N3O5/c1-42(2,31-44(5,6)39(56)37-23-21-22-24-38(37)55)35-25-27-36(28-26-35)43(3,4)33-49(15,16)53-40(57)45(7,8)32-48(13,14)51(19,20)59-30-29-46(9,10)47(11,12)34-50(17,18)54-41(52)58/h25-28,37H,21-24,29-34H2,1-20H3,(H,53,57)(H3,52,54,58). The summed E-state index contributed by atoms with van der Waals surface area (Å²) in [5, 5.41) is 6.33. The summed E-state index contributed by atoms with van der Waals surface area (Å²) in [6, 6.07) is 8.28. The predicted molar refractivity (Wildman–Crippen MR) is 246 cm³/mol. The minimum absolute atomic E-state index is 0.0291. The van der Waals surface area contributed by atoms with Crippen molar-refractivity contribution in [2.45, 2.75) is 224 Å². The maximum atomic E-state index is 14.2. The van der Waals surface area contributed by atoms with Crippen LogP contribution in [0.2, 0.25) is 0 Å². The molecule has 1 aromatic rings. The molecule has 1 unspecified atom stereocenters. The zero-order valence-corrected chi connectivity index (χ0v) is 41.6. The number of nitrogens with two attached hydrogens (primary N) is 1. The molecule has 0 heterocycles. The van der Waals surface area contributed by atoms with Gasteiger partial charge in [0.15, 0.2) is 0 Å². The topological polar surface area (TPSA) is 128 Å². The van der Waals surface area contributed by atoms with E-state index in [-0.39, 0.29) is 44.5 Å². The summed E-state index contributed by atoms with van der Waals surface area (Å²) >= 11 is 0. The average Bonchev–Trinajstić information content (AvgIpc) is 3.01. The molecule has 1 aliphatic rings. The second-order valence-corrected chi connectivity index (χ2v) is 24.9. The maximum Gasteiger partial charge on any atom is 0.312 e. The van der Waals surface area contributed by atoms with Crippen molar-refractivity contribution < 1.29 is 23.9 Å². The summed E-state index contributed by atoms with van der Waals surface area (Å²) in [4.78, 5) is 52.0. The van der Waals surface area contributed by atoms with Crippen molar-refractivity contribution in [3.8, 4) is 0 Å². The van der Waals surface area contributed by atoms with Crippen LogP contribution in [0.3, 0.4) is 0 Å². The van der Waals surface area contributed by atoms with Crippen molar-refractivity contribution in [3.63, 3.8) is 0 Å². The van der Waals surface area contributed by atoms with Gasteiger partial charge in [0.25, 0.3) is 0 Å². The van der Waals surface area contributed by atoms with E-state index in [9.17, 15) is 19.2 Å². The van der Waals surface area contributed by atoms with Crippen LogP contribution in [-0.4, -0.2) is 46.8 Å². The second-order valence-electron chi connectivity index (χ2n) is 24.9. The minimum atomic E-state index is -0.654. The van der Waals surface area contributed by atoms with Crippen molar-refractivity contribution in [1.29, 1.82) is 0 Å². The zero-order valence-electron chi connectivity index (χ0n) is 41.6. The summed E-state index contributed by atoms with van der Waals surface area (Å²) in [7, 11) is 0. The summed E-state index contributed by atoms with van der Waals surface area (Å²) < 4.78 is 6.71. The Hall–Kier alpha value is -2.74. The molecule has 2 rings (SSSR count). The van der Waals surface area contributed by atoms with Crippen molar-refractivity contribution in [1.82, 2.24) is 10.6 Å². The van der Waals surface area contributed by atoms with Crippen LogP contribution in [-0.2, 0) is 30.0 Å². The normalized spacial score (nSPS) is 17.2. The number of Topliss-reactive ketones (excluding diaryl/α,β-unsaturated/α-hetero) is 2. The largest absolute Gasteiger partial charge is 0.375 e. The highest BCUT2D eigenvalue weighted by molar-refractivity contribution is 6.05. The van der Waals surface area contributed by atoms with E-state index in [2.05, 4.69) is 132 Å². The van der Waals surface area contributed by atoms with Gasteiger partial charge in [0, 0.05) is 34.9 Å². The van der Waals surface area contributed by atoms with Gasteiger partial charge in [0.05, 0.1) is 11.5 Å². The Balaban J connectivity index is 2.09. The Labute approximate surface area is 361 Å². The second kappa shape index (κ2) is 17.9. The number of carbonyl (C=O) groups excluding carboxylic acids is 4. The number of rotatable bonds is 21. The third-order valence-corrected chi connectivity index (χ3v) is 14.7. The SMILES string of the molecule is CC(C)(CC(C)(C)C(C)(C)CCOC(C)(C)C(C)(C)CC(C)(C)C(=O)NC(C)(C)CC(C)(C)c1ccc(C(C)(C)CC(C)(C)C(=O)C2CCCCC2=O)cc1)NC(N)=O. The number of carbonyl (C=O) groups is 4. The summed E-state index contributed by atoms with van der Waals surface area (Å²) in [5.74, 6) is -0.216. The molecular formula is C51H89N3O5. The lowest BCUT2D eigenvalue weighted by Gasteiger charge is -2.48. The van der Waals surface area contributed by atoms with E-state index in [1.54, 1.807) is 0 Å². The van der Waals surface area contributed by atoms with Gasteiger partial charge in [0.1, 0.15) is 11.6 Å². The van der Waals surface area contributed by atoms with Gasteiger partial charge in [-0.15, -0.1) is 0 Å². The van der Waals surface area contributed by atoms with Gasteiger partial charge in [-0.3, -0.25) is 14.4 Å². The monoisotopic (exact) mass is 824 g/mol. The minimum Gasteiger partial charge on any atom is -0.375 e. The molecule has 0 saturated heterocycles. The molecule has 0 radical (unpaired) electrons. The Morgan fingerprint density at radius 2 is 1.08 bits per heavy atom. The van der Waals surface area contributed by atoms with E-state index < -0.39 is 39.5 Å². The lowest BCUT2D eigenvalue weighted by molar-refractivity contribution is -0.143. The number of urea groups is 1. The molecule has 1 aliphatic carbocycles. The molecule has 3 amide bonds. The zero-order chi connectivity index (χ0) is 46.1. The molecule has 1 aromatic carbocycles. The third kappa shape index (κ3) is 13.9. The first-order chi connectivity index (χ1) is 26.2. The van der Waals surface area contributed by atoms with Gasteiger partial charge in [-0.05, 0) is 125 Å². The smallest absolute Gasteiger partial charge is 0.312 e. The van der Waals surface area contributed by atoms with E-state index in [4.69, 9.17) is 10.5 Å². The number of hydrogen-bond donors (Lipinski definition) is 3. The van der Waals surface area contributed by atoms with Crippen LogP contribution >= 0.6 is 0 Å². The van der Waals surface area contributed by atoms with Crippen LogP contribution in [0.4, 0.5) is 4.79 Å². The van der Waals surface area contributed by atoms with Crippen LogP contribution in [0, 0.1) is 33.0 Å². The molecule has 8 nitrogen and oxygen atoms in total. The number of amides is 3. The molecule has 338 valence electrons. The maximum absolute atomic E-state index is 14.2. The first-order valence-corrected chi connectivity index (χ1v) is 22.4. The van der Waals surface area contributed by atoms with E-state index in [0.29, 0.717) is 32.3 Å². The van der Waals surface area contributed by atoms with Gasteiger partial charge >= 0.3 is 6.03 Å². The Bertz CT molecular complexity index is 1640. The van der Waals surface area contributed by atoms with Crippen molar-refractivity contribution in [2.24, 2.45) is 38.7 Å². The first-order valence-electron chi connectivity index (χ1n) is 22.4. The molecule has 1 atom stereocenters.